The van der Waals surface area contributed by atoms with Crippen molar-refractivity contribution in [1.82, 2.24) is 14.5 Å². The number of anilines is 2. The van der Waals surface area contributed by atoms with Gasteiger partial charge in [0.2, 0.25) is 0 Å². The summed E-state index contributed by atoms with van der Waals surface area (Å²) in [4.78, 5) is 24.8. The molecule has 0 atom stereocenters. The molecule has 0 spiro atoms. The fraction of sp³-hybridized carbons (Fsp3) is 0.276. The van der Waals surface area contributed by atoms with Crippen molar-refractivity contribution < 1.29 is 4.79 Å². The number of imidazole rings is 1. The zero-order valence-corrected chi connectivity index (χ0v) is 21.0. The normalized spacial score (nSPS) is 13.0. The van der Waals surface area contributed by atoms with Crippen LogP contribution in [-0.2, 0) is 20.0 Å². The van der Waals surface area contributed by atoms with E-state index in [9.17, 15) is 4.79 Å². The van der Waals surface area contributed by atoms with Crippen LogP contribution in [0, 0.1) is 27.7 Å². The number of aromatic nitrogens is 3. The van der Waals surface area contributed by atoms with E-state index in [1.54, 1.807) is 6.20 Å². The van der Waals surface area contributed by atoms with Gasteiger partial charge in [0.25, 0.3) is 5.91 Å². The van der Waals surface area contributed by atoms with Crippen molar-refractivity contribution in [2.24, 2.45) is 7.05 Å². The standard InChI is InChI=1S/C29H31N5O/c1-18-8-19(2)11-22(10-18)24-14-30-15-25(32-29(35)23-12-20(3)9-21(4)13-23)28(24)34-7-6-27-26(16-34)31-17-33(27)5/h8-15,17H,6-7,16H2,1-5H3,(H,32,35). The first-order valence-corrected chi connectivity index (χ1v) is 12.0. The van der Waals surface area contributed by atoms with Gasteiger partial charge in [-0.2, -0.15) is 0 Å². The van der Waals surface area contributed by atoms with Gasteiger partial charge in [-0.3, -0.25) is 9.78 Å². The molecule has 3 heterocycles. The second-order valence-electron chi connectivity index (χ2n) is 9.71. The molecule has 1 N–H and O–H groups in total. The lowest BCUT2D eigenvalue weighted by Gasteiger charge is -2.32. The number of pyridine rings is 1. The summed E-state index contributed by atoms with van der Waals surface area (Å²) < 4.78 is 2.10. The number of benzene rings is 2. The van der Waals surface area contributed by atoms with E-state index in [1.807, 2.05) is 45.6 Å². The van der Waals surface area contributed by atoms with Crippen molar-refractivity contribution in [3.63, 3.8) is 0 Å². The molecule has 0 bridgehead atoms. The number of hydrogen-bond donors (Lipinski definition) is 1. The van der Waals surface area contributed by atoms with Crippen LogP contribution in [-0.4, -0.2) is 27.0 Å². The Morgan fingerprint density at radius 2 is 1.57 bits per heavy atom. The van der Waals surface area contributed by atoms with Gasteiger partial charge in [-0.25, -0.2) is 4.98 Å². The summed E-state index contributed by atoms with van der Waals surface area (Å²) in [7, 11) is 2.05. The summed E-state index contributed by atoms with van der Waals surface area (Å²) in [6.45, 7) is 9.75. The van der Waals surface area contributed by atoms with E-state index in [2.05, 4.69) is 62.9 Å². The van der Waals surface area contributed by atoms with E-state index >= 15 is 0 Å². The summed E-state index contributed by atoms with van der Waals surface area (Å²) in [5.41, 5.74) is 11.3. The zero-order valence-electron chi connectivity index (χ0n) is 21.0. The topological polar surface area (TPSA) is 63.1 Å². The molecule has 35 heavy (non-hydrogen) atoms. The second kappa shape index (κ2) is 9.02. The molecule has 0 saturated heterocycles. The van der Waals surface area contributed by atoms with Gasteiger partial charge in [-0.05, 0) is 45.4 Å². The maximum atomic E-state index is 13.3. The first kappa shape index (κ1) is 22.8. The Kier molecular flexibility index (Phi) is 5.89. The largest absolute Gasteiger partial charge is 0.363 e. The Hall–Kier alpha value is -3.93. The van der Waals surface area contributed by atoms with Crippen LogP contribution in [0.2, 0.25) is 0 Å². The molecule has 4 aromatic rings. The summed E-state index contributed by atoms with van der Waals surface area (Å²) in [6.07, 6.45) is 6.44. The molecule has 0 aliphatic carbocycles. The van der Waals surface area contributed by atoms with Gasteiger partial charge < -0.3 is 14.8 Å². The fourth-order valence-corrected chi connectivity index (χ4v) is 5.18. The minimum absolute atomic E-state index is 0.132. The number of nitrogens with one attached hydrogen (secondary N) is 1. The molecule has 6 nitrogen and oxygen atoms in total. The predicted octanol–water partition coefficient (Wildman–Crippen LogP) is 5.53. The third-order valence-corrected chi connectivity index (χ3v) is 6.60. The van der Waals surface area contributed by atoms with Crippen molar-refractivity contribution in [2.45, 2.75) is 40.7 Å². The Morgan fingerprint density at radius 3 is 2.26 bits per heavy atom. The number of carbonyl (C=O) groups excluding carboxylic acids is 1. The van der Waals surface area contributed by atoms with Crippen LogP contribution in [0.4, 0.5) is 11.4 Å². The number of amides is 1. The van der Waals surface area contributed by atoms with Crippen molar-refractivity contribution in [3.05, 3.63) is 94.3 Å². The van der Waals surface area contributed by atoms with Gasteiger partial charge in [-0.1, -0.05) is 46.5 Å². The van der Waals surface area contributed by atoms with Crippen LogP contribution in [0.1, 0.15) is 44.0 Å². The predicted molar refractivity (Wildman–Crippen MR) is 141 cm³/mol. The van der Waals surface area contributed by atoms with Gasteiger partial charge in [0.05, 0.1) is 36.1 Å². The van der Waals surface area contributed by atoms with Gasteiger partial charge in [0, 0.05) is 43.0 Å². The van der Waals surface area contributed by atoms with Crippen LogP contribution in [0.15, 0.2) is 55.1 Å². The van der Waals surface area contributed by atoms with Gasteiger partial charge in [0.1, 0.15) is 0 Å². The molecular formula is C29H31N5O. The lowest BCUT2D eigenvalue weighted by molar-refractivity contribution is 0.102. The molecule has 0 radical (unpaired) electrons. The molecule has 0 unspecified atom stereocenters. The third kappa shape index (κ3) is 4.56. The van der Waals surface area contributed by atoms with Crippen LogP contribution >= 0.6 is 0 Å². The van der Waals surface area contributed by atoms with Gasteiger partial charge >= 0.3 is 0 Å². The molecule has 178 valence electrons. The number of nitrogens with zero attached hydrogens (tertiary/aromatic N) is 4. The molecule has 1 amide bonds. The highest BCUT2D eigenvalue weighted by Crippen LogP contribution is 2.39. The van der Waals surface area contributed by atoms with Gasteiger partial charge in [-0.15, -0.1) is 0 Å². The lowest BCUT2D eigenvalue weighted by Crippen LogP contribution is -2.32. The summed E-state index contributed by atoms with van der Waals surface area (Å²) in [6, 6.07) is 12.4. The fourth-order valence-electron chi connectivity index (χ4n) is 5.18. The lowest BCUT2D eigenvalue weighted by atomic mass is 9.98. The maximum Gasteiger partial charge on any atom is 0.255 e. The van der Waals surface area contributed by atoms with Crippen molar-refractivity contribution in [1.29, 1.82) is 0 Å². The number of rotatable bonds is 4. The SMILES string of the molecule is Cc1cc(C)cc(C(=O)Nc2cncc(-c3cc(C)cc(C)c3)c2N2CCc3c(ncn3C)C2)c1. The molecule has 1 aliphatic rings. The van der Waals surface area contributed by atoms with Crippen LogP contribution in [0.25, 0.3) is 11.1 Å². The molecule has 2 aromatic carbocycles. The Labute approximate surface area is 206 Å². The van der Waals surface area contributed by atoms with Gasteiger partial charge in [0.15, 0.2) is 0 Å². The number of hydrogen-bond acceptors (Lipinski definition) is 4. The molecule has 6 heteroatoms. The van der Waals surface area contributed by atoms with Crippen LogP contribution in [0.5, 0.6) is 0 Å². The Morgan fingerprint density at radius 1 is 0.914 bits per heavy atom. The molecular weight excluding hydrogens is 434 g/mol. The van der Waals surface area contributed by atoms with E-state index in [4.69, 9.17) is 0 Å². The summed E-state index contributed by atoms with van der Waals surface area (Å²) in [5, 5.41) is 3.18. The summed E-state index contributed by atoms with van der Waals surface area (Å²) >= 11 is 0. The van der Waals surface area contributed by atoms with E-state index in [0.29, 0.717) is 17.8 Å². The maximum absolute atomic E-state index is 13.3. The van der Waals surface area contributed by atoms with Crippen molar-refractivity contribution >= 4 is 17.3 Å². The highest BCUT2D eigenvalue weighted by molar-refractivity contribution is 6.07. The van der Waals surface area contributed by atoms with Crippen LogP contribution in [0.3, 0.4) is 0 Å². The molecule has 0 fully saturated rings. The molecule has 5 rings (SSSR count). The highest BCUT2D eigenvalue weighted by atomic mass is 16.1. The van der Waals surface area contributed by atoms with E-state index in [-0.39, 0.29) is 5.91 Å². The summed E-state index contributed by atoms with van der Waals surface area (Å²) in [5.74, 6) is -0.132. The third-order valence-electron chi connectivity index (χ3n) is 6.60. The van der Waals surface area contributed by atoms with E-state index in [0.717, 1.165) is 46.6 Å². The Bertz CT molecular complexity index is 1390. The smallest absolute Gasteiger partial charge is 0.255 e. The molecule has 0 saturated carbocycles. The van der Waals surface area contributed by atoms with E-state index in [1.165, 1.54) is 16.8 Å². The molecule has 2 aromatic heterocycles. The second-order valence-corrected chi connectivity index (χ2v) is 9.71. The van der Waals surface area contributed by atoms with E-state index < -0.39 is 0 Å². The van der Waals surface area contributed by atoms with Crippen molar-refractivity contribution in [3.8, 4) is 11.1 Å². The first-order chi connectivity index (χ1) is 16.8. The monoisotopic (exact) mass is 465 g/mol. The molecule has 1 aliphatic heterocycles. The average molecular weight is 466 g/mol. The minimum atomic E-state index is -0.132. The average Bonchev–Trinajstić information content (AvgIpc) is 3.17. The quantitative estimate of drug-likeness (QED) is 0.430. The van der Waals surface area contributed by atoms with Crippen LogP contribution < -0.4 is 10.2 Å². The van der Waals surface area contributed by atoms with Crippen molar-refractivity contribution in [2.75, 3.05) is 16.8 Å². The highest BCUT2D eigenvalue weighted by Gasteiger charge is 2.26. The Balaban J connectivity index is 1.61. The zero-order chi connectivity index (χ0) is 24.7. The minimum Gasteiger partial charge on any atom is -0.363 e. The number of fused-ring (bicyclic) bond motifs is 1. The first-order valence-electron chi connectivity index (χ1n) is 12.0. The number of aryl methyl sites for hydroxylation is 5. The number of carbonyl (C=O) groups is 1.